The Labute approximate surface area is 158 Å². The number of aromatic nitrogens is 3. The third kappa shape index (κ3) is 4.05. The van der Waals surface area contributed by atoms with E-state index < -0.39 is 0 Å². The second-order valence-corrected chi connectivity index (χ2v) is 7.55. The first-order valence-corrected chi connectivity index (χ1v) is 9.60. The van der Waals surface area contributed by atoms with Gasteiger partial charge in [-0.05, 0) is 37.5 Å². The van der Waals surface area contributed by atoms with Crippen LogP contribution in [0, 0.1) is 20.8 Å². The van der Waals surface area contributed by atoms with E-state index in [0.29, 0.717) is 5.75 Å². The molecule has 1 aromatic heterocycles. The van der Waals surface area contributed by atoms with Gasteiger partial charge in [-0.1, -0.05) is 59.8 Å². The Kier molecular flexibility index (Phi) is 5.57. The first-order valence-electron chi connectivity index (χ1n) is 8.61. The normalized spacial score (nSPS) is 10.9. The van der Waals surface area contributed by atoms with Crippen LogP contribution in [-0.4, -0.2) is 26.3 Å². The number of rotatable bonds is 6. The van der Waals surface area contributed by atoms with Gasteiger partial charge in [0.05, 0.1) is 5.75 Å². The molecular weight excluding hydrogens is 342 g/mol. The first kappa shape index (κ1) is 18.4. The lowest BCUT2D eigenvalue weighted by molar-refractivity contribution is 0.102. The molecule has 0 bridgehead atoms. The van der Waals surface area contributed by atoms with Crippen molar-refractivity contribution in [2.45, 2.75) is 32.3 Å². The highest BCUT2D eigenvalue weighted by molar-refractivity contribution is 7.99. The number of carbonyl (C=O) groups excluding carboxylic acids is 1. The van der Waals surface area contributed by atoms with Crippen molar-refractivity contribution in [2.75, 3.05) is 5.75 Å². The van der Waals surface area contributed by atoms with Crippen LogP contribution in [0.3, 0.4) is 0 Å². The molecule has 0 saturated heterocycles. The lowest BCUT2D eigenvalue weighted by Crippen LogP contribution is -2.09. The molecule has 0 amide bonds. The number of benzene rings is 2. The van der Waals surface area contributed by atoms with Crippen LogP contribution in [0.4, 0.5) is 0 Å². The van der Waals surface area contributed by atoms with Gasteiger partial charge in [0.1, 0.15) is 5.82 Å². The fourth-order valence-corrected chi connectivity index (χ4v) is 4.03. The van der Waals surface area contributed by atoms with E-state index in [9.17, 15) is 4.79 Å². The molecular formula is C21H23N3OS. The largest absolute Gasteiger partial charge is 0.309 e. The molecule has 0 aliphatic rings. The molecule has 0 atom stereocenters. The molecule has 0 unspecified atom stereocenters. The van der Waals surface area contributed by atoms with E-state index >= 15 is 0 Å². The Balaban J connectivity index is 1.70. The summed E-state index contributed by atoms with van der Waals surface area (Å²) in [6, 6.07) is 14.3. The zero-order valence-electron chi connectivity index (χ0n) is 15.6. The summed E-state index contributed by atoms with van der Waals surface area (Å²) < 4.78 is 1.97. The molecule has 2 aromatic carbocycles. The van der Waals surface area contributed by atoms with Crippen molar-refractivity contribution in [1.82, 2.24) is 14.8 Å². The lowest BCUT2D eigenvalue weighted by Gasteiger charge is -2.10. The summed E-state index contributed by atoms with van der Waals surface area (Å²) in [6.07, 6.45) is 0.731. The van der Waals surface area contributed by atoms with Crippen LogP contribution in [0.5, 0.6) is 0 Å². The van der Waals surface area contributed by atoms with Crippen molar-refractivity contribution < 1.29 is 4.79 Å². The summed E-state index contributed by atoms with van der Waals surface area (Å²) in [5.41, 5.74) is 5.28. The van der Waals surface area contributed by atoms with Crippen LogP contribution < -0.4 is 0 Å². The zero-order chi connectivity index (χ0) is 18.7. The number of Topliss-reactive ketones (excluding diaryl/α,β-unsaturated/α-hetero) is 1. The third-order valence-corrected chi connectivity index (χ3v) is 5.44. The second-order valence-electron chi connectivity index (χ2n) is 6.61. The Morgan fingerprint density at radius 1 is 1.04 bits per heavy atom. The summed E-state index contributed by atoms with van der Waals surface area (Å²) in [7, 11) is 1.95. The molecule has 0 N–H and O–H groups in total. The van der Waals surface area contributed by atoms with Gasteiger partial charge in [0.15, 0.2) is 10.9 Å². The van der Waals surface area contributed by atoms with Gasteiger partial charge in [0.25, 0.3) is 0 Å². The van der Waals surface area contributed by atoms with Crippen LogP contribution in [0.25, 0.3) is 0 Å². The van der Waals surface area contributed by atoms with Gasteiger partial charge >= 0.3 is 0 Å². The van der Waals surface area contributed by atoms with Gasteiger partial charge in [0.2, 0.25) is 0 Å². The van der Waals surface area contributed by atoms with Crippen molar-refractivity contribution in [3.63, 3.8) is 0 Å². The summed E-state index contributed by atoms with van der Waals surface area (Å²) in [4.78, 5) is 12.7. The molecule has 3 aromatic rings. The van der Waals surface area contributed by atoms with Gasteiger partial charge in [-0.3, -0.25) is 4.79 Å². The maximum absolute atomic E-state index is 12.7. The maximum Gasteiger partial charge on any atom is 0.191 e. The van der Waals surface area contributed by atoms with Gasteiger partial charge < -0.3 is 4.57 Å². The standard InChI is InChI=1S/C21H23N3OS/c1-14-10-15(2)20(16(3)11-14)18(25)13-26-21-23-22-19(24(21)4)12-17-8-6-5-7-9-17/h5-11H,12-13H2,1-4H3. The zero-order valence-corrected chi connectivity index (χ0v) is 16.4. The first-order chi connectivity index (χ1) is 12.5. The van der Waals surface area contributed by atoms with Crippen molar-refractivity contribution in [2.24, 2.45) is 7.05 Å². The Bertz CT molecular complexity index is 909. The Hall–Kier alpha value is -2.40. The molecule has 0 fully saturated rings. The predicted octanol–water partition coefficient (Wildman–Crippen LogP) is 4.31. The summed E-state index contributed by atoms with van der Waals surface area (Å²) >= 11 is 1.44. The molecule has 5 heteroatoms. The van der Waals surface area contributed by atoms with Gasteiger partial charge in [0, 0.05) is 19.0 Å². The fourth-order valence-electron chi connectivity index (χ4n) is 3.23. The molecule has 3 rings (SSSR count). The van der Waals surface area contributed by atoms with E-state index in [1.54, 1.807) is 0 Å². The van der Waals surface area contributed by atoms with Crippen molar-refractivity contribution in [3.8, 4) is 0 Å². The van der Waals surface area contributed by atoms with Crippen LogP contribution in [0.15, 0.2) is 47.6 Å². The molecule has 0 radical (unpaired) electrons. The van der Waals surface area contributed by atoms with Crippen LogP contribution in [-0.2, 0) is 13.5 Å². The SMILES string of the molecule is Cc1cc(C)c(C(=O)CSc2nnc(Cc3ccccc3)n2C)c(C)c1. The number of aryl methyl sites for hydroxylation is 3. The van der Waals surface area contributed by atoms with Crippen molar-refractivity contribution in [3.05, 3.63) is 76.1 Å². The number of nitrogens with zero attached hydrogens (tertiary/aromatic N) is 3. The molecule has 0 aliphatic heterocycles. The quantitative estimate of drug-likeness (QED) is 0.482. The Morgan fingerprint density at radius 3 is 2.35 bits per heavy atom. The second kappa shape index (κ2) is 7.87. The van der Waals surface area contributed by atoms with E-state index in [1.165, 1.54) is 22.9 Å². The number of hydrogen-bond acceptors (Lipinski definition) is 4. The molecule has 26 heavy (non-hydrogen) atoms. The summed E-state index contributed by atoms with van der Waals surface area (Å²) in [6.45, 7) is 6.05. The van der Waals surface area contributed by atoms with Crippen LogP contribution >= 0.6 is 11.8 Å². The monoisotopic (exact) mass is 365 g/mol. The van der Waals surface area contributed by atoms with Gasteiger partial charge in [-0.15, -0.1) is 10.2 Å². The van der Waals surface area contributed by atoms with Crippen LogP contribution in [0.1, 0.15) is 38.4 Å². The van der Waals surface area contributed by atoms with E-state index in [4.69, 9.17) is 0 Å². The summed E-state index contributed by atoms with van der Waals surface area (Å²) in [5.74, 6) is 1.40. The highest BCUT2D eigenvalue weighted by Crippen LogP contribution is 2.22. The minimum atomic E-state index is 0.137. The molecule has 0 spiro atoms. The number of thioether (sulfide) groups is 1. The number of carbonyl (C=O) groups is 1. The smallest absolute Gasteiger partial charge is 0.191 e. The predicted molar refractivity (Wildman–Crippen MR) is 106 cm³/mol. The van der Waals surface area contributed by atoms with Crippen LogP contribution in [0.2, 0.25) is 0 Å². The Morgan fingerprint density at radius 2 is 1.69 bits per heavy atom. The molecule has 4 nitrogen and oxygen atoms in total. The lowest BCUT2D eigenvalue weighted by atomic mass is 9.97. The molecule has 134 valence electrons. The highest BCUT2D eigenvalue weighted by atomic mass is 32.2. The van der Waals surface area contributed by atoms with E-state index in [2.05, 4.69) is 41.4 Å². The fraction of sp³-hybridized carbons (Fsp3) is 0.286. The molecule has 1 heterocycles. The minimum Gasteiger partial charge on any atom is -0.309 e. The number of ketones is 1. The summed E-state index contributed by atoms with van der Waals surface area (Å²) in [5, 5.41) is 9.32. The molecule has 0 saturated carbocycles. The average molecular weight is 366 g/mol. The average Bonchev–Trinajstić information content (AvgIpc) is 2.93. The maximum atomic E-state index is 12.7. The molecule has 0 aliphatic carbocycles. The van der Waals surface area contributed by atoms with E-state index in [0.717, 1.165) is 34.1 Å². The van der Waals surface area contributed by atoms with Gasteiger partial charge in [-0.25, -0.2) is 0 Å². The topological polar surface area (TPSA) is 47.8 Å². The number of hydrogen-bond donors (Lipinski definition) is 0. The minimum absolute atomic E-state index is 0.137. The van der Waals surface area contributed by atoms with E-state index in [-0.39, 0.29) is 5.78 Å². The van der Waals surface area contributed by atoms with E-state index in [1.807, 2.05) is 43.7 Å². The van der Waals surface area contributed by atoms with Crippen molar-refractivity contribution >= 4 is 17.5 Å². The van der Waals surface area contributed by atoms with Gasteiger partial charge in [-0.2, -0.15) is 0 Å². The third-order valence-electron chi connectivity index (χ3n) is 4.42. The van der Waals surface area contributed by atoms with Crippen molar-refractivity contribution in [1.29, 1.82) is 0 Å². The highest BCUT2D eigenvalue weighted by Gasteiger charge is 2.16.